The fraction of sp³-hybridized carbons (Fsp3) is 0.286. The summed E-state index contributed by atoms with van der Waals surface area (Å²) in [6, 6.07) is 13.2. The van der Waals surface area contributed by atoms with Gasteiger partial charge in [-0.3, -0.25) is 4.79 Å². The Morgan fingerprint density at radius 2 is 1.89 bits per heavy atom. The fourth-order valence-electron chi connectivity index (χ4n) is 3.66. The van der Waals surface area contributed by atoms with Crippen molar-refractivity contribution in [1.29, 1.82) is 0 Å². The van der Waals surface area contributed by atoms with Crippen molar-refractivity contribution >= 4 is 17.5 Å². The summed E-state index contributed by atoms with van der Waals surface area (Å²) in [6.45, 7) is 0.459. The lowest BCUT2D eigenvalue weighted by atomic mass is 10.00. The molecule has 4 rings (SSSR count). The smallest absolute Gasteiger partial charge is 0.251 e. The molecule has 2 unspecified atom stereocenters. The van der Waals surface area contributed by atoms with E-state index in [4.69, 9.17) is 21.1 Å². The van der Waals surface area contributed by atoms with Gasteiger partial charge in [0.2, 0.25) is 0 Å². The van der Waals surface area contributed by atoms with Gasteiger partial charge in [0.05, 0.1) is 26.8 Å². The van der Waals surface area contributed by atoms with Gasteiger partial charge in [0, 0.05) is 17.4 Å². The van der Waals surface area contributed by atoms with Crippen LogP contribution in [0.5, 0.6) is 11.5 Å². The molecule has 0 aromatic heterocycles. The number of amides is 1. The Morgan fingerprint density at radius 1 is 1.11 bits per heavy atom. The highest BCUT2D eigenvalue weighted by Gasteiger charge is 2.40. The number of nitrogens with one attached hydrogen (secondary N) is 1. The van der Waals surface area contributed by atoms with Gasteiger partial charge < -0.3 is 19.4 Å². The number of fused-ring (bicyclic) bond motifs is 1. The van der Waals surface area contributed by atoms with Gasteiger partial charge in [-0.2, -0.15) is 0 Å². The van der Waals surface area contributed by atoms with Gasteiger partial charge in [0.1, 0.15) is 6.04 Å². The molecule has 1 N–H and O–H groups in total. The average molecular weight is 400 g/mol. The van der Waals surface area contributed by atoms with Gasteiger partial charge in [0.15, 0.2) is 11.5 Å². The first-order chi connectivity index (χ1) is 13.6. The molecule has 28 heavy (non-hydrogen) atoms. The lowest BCUT2D eigenvalue weighted by Crippen LogP contribution is -2.47. The zero-order chi connectivity index (χ0) is 19.7. The fourth-order valence-corrected chi connectivity index (χ4v) is 3.86. The standard InChI is InChI=1S/C21H22ClN3O3/c1-27-19-8-7-14(11-20(19)28-2)17-12-18-21(26)24(9-10-25(18)23-17)13-15-5-3-4-6-16(15)22/h3-11,17-18,23H,12-13H2,1-2H3. The van der Waals surface area contributed by atoms with Gasteiger partial charge in [-0.05, 0) is 35.7 Å². The number of benzene rings is 2. The van der Waals surface area contributed by atoms with Gasteiger partial charge >= 0.3 is 0 Å². The van der Waals surface area contributed by atoms with E-state index in [9.17, 15) is 4.79 Å². The van der Waals surface area contributed by atoms with Crippen LogP contribution in [0.15, 0.2) is 54.9 Å². The van der Waals surface area contributed by atoms with Crippen molar-refractivity contribution in [2.24, 2.45) is 0 Å². The molecule has 2 aliphatic heterocycles. The normalized spacial score (nSPS) is 21.0. The Kier molecular flexibility index (Phi) is 5.15. The van der Waals surface area contributed by atoms with E-state index in [1.165, 1.54) is 0 Å². The Hall–Kier alpha value is -2.70. The van der Waals surface area contributed by atoms with E-state index in [2.05, 4.69) is 5.43 Å². The van der Waals surface area contributed by atoms with Crippen LogP contribution in [0.3, 0.4) is 0 Å². The lowest BCUT2D eigenvalue weighted by Gasteiger charge is -2.32. The van der Waals surface area contributed by atoms with Crippen LogP contribution in [0.4, 0.5) is 0 Å². The highest BCUT2D eigenvalue weighted by atomic mass is 35.5. The minimum atomic E-state index is -0.259. The molecule has 0 radical (unpaired) electrons. The molecule has 2 atom stereocenters. The summed E-state index contributed by atoms with van der Waals surface area (Å²) in [5, 5.41) is 2.55. The maximum atomic E-state index is 13.0. The highest BCUT2D eigenvalue weighted by Crippen LogP contribution is 2.35. The van der Waals surface area contributed by atoms with Crippen LogP contribution in [0, 0.1) is 0 Å². The second-order valence-corrected chi connectivity index (χ2v) is 7.22. The van der Waals surface area contributed by atoms with Crippen LogP contribution in [0.1, 0.15) is 23.6 Å². The number of ether oxygens (including phenoxy) is 2. The number of methoxy groups -OCH3 is 2. The Morgan fingerprint density at radius 3 is 2.64 bits per heavy atom. The van der Waals surface area contributed by atoms with E-state index in [-0.39, 0.29) is 18.0 Å². The van der Waals surface area contributed by atoms with Crippen molar-refractivity contribution in [2.75, 3.05) is 14.2 Å². The minimum absolute atomic E-state index is 0.0127. The number of hydrazine groups is 1. The first-order valence-corrected chi connectivity index (χ1v) is 9.47. The lowest BCUT2D eigenvalue weighted by molar-refractivity contribution is -0.134. The van der Waals surface area contributed by atoms with Gasteiger partial charge in [-0.25, -0.2) is 5.43 Å². The van der Waals surface area contributed by atoms with Crippen LogP contribution >= 0.6 is 11.6 Å². The van der Waals surface area contributed by atoms with Crippen molar-refractivity contribution in [2.45, 2.75) is 25.0 Å². The summed E-state index contributed by atoms with van der Waals surface area (Å²) in [5.41, 5.74) is 5.38. The molecule has 2 heterocycles. The quantitative estimate of drug-likeness (QED) is 0.834. The minimum Gasteiger partial charge on any atom is -0.493 e. The maximum absolute atomic E-state index is 13.0. The third kappa shape index (κ3) is 3.41. The maximum Gasteiger partial charge on any atom is 0.251 e. The summed E-state index contributed by atoms with van der Waals surface area (Å²) in [6.07, 6.45) is 4.37. The molecule has 6 nitrogen and oxygen atoms in total. The number of carbonyl (C=O) groups is 1. The van der Waals surface area contributed by atoms with Crippen LogP contribution in [0.2, 0.25) is 5.02 Å². The molecule has 0 spiro atoms. The average Bonchev–Trinajstić information content (AvgIpc) is 3.16. The Balaban J connectivity index is 1.50. The SMILES string of the molecule is COc1ccc(C2CC3C(=O)N(Cc4ccccc4Cl)C=CN3N2)cc1OC. The highest BCUT2D eigenvalue weighted by molar-refractivity contribution is 6.31. The molecule has 2 aliphatic rings. The zero-order valence-corrected chi connectivity index (χ0v) is 16.5. The summed E-state index contributed by atoms with van der Waals surface area (Å²) >= 11 is 6.25. The van der Waals surface area contributed by atoms with Crippen molar-refractivity contribution in [3.63, 3.8) is 0 Å². The van der Waals surface area contributed by atoms with Crippen LogP contribution in [0.25, 0.3) is 0 Å². The van der Waals surface area contributed by atoms with Gasteiger partial charge in [-0.1, -0.05) is 35.9 Å². The number of halogens is 1. The second kappa shape index (κ2) is 7.73. The zero-order valence-electron chi connectivity index (χ0n) is 15.8. The molecule has 146 valence electrons. The van der Waals surface area contributed by atoms with Crippen molar-refractivity contribution in [1.82, 2.24) is 15.3 Å². The Labute approximate surface area is 169 Å². The van der Waals surface area contributed by atoms with Crippen LogP contribution in [-0.2, 0) is 11.3 Å². The Bertz CT molecular complexity index is 918. The van der Waals surface area contributed by atoms with Gasteiger partial charge in [-0.15, -0.1) is 0 Å². The molecule has 2 aromatic carbocycles. The van der Waals surface area contributed by atoms with E-state index >= 15 is 0 Å². The molecule has 7 heteroatoms. The van der Waals surface area contributed by atoms with E-state index < -0.39 is 0 Å². The molecular formula is C21H22ClN3O3. The van der Waals surface area contributed by atoms with Crippen molar-refractivity contribution in [3.05, 3.63) is 71.0 Å². The molecule has 0 saturated carbocycles. The molecule has 2 aromatic rings. The summed E-state index contributed by atoms with van der Waals surface area (Å²) in [4.78, 5) is 14.8. The molecular weight excluding hydrogens is 378 g/mol. The summed E-state index contributed by atoms with van der Waals surface area (Å²) in [7, 11) is 3.23. The third-order valence-corrected chi connectivity index (χ3v) is 5.55. The van der Waals surface area contributed by atoms with E-state index in [1.54, 1.807) is 25.3 Å². The predicted octanol–water partition coefficient (Wildman–Crippen LogP) is 3.49. The van der Waals surface area contributed by atoms with E-state index in [1.807, 2.05) is 53.7 Å². The largest absolute Gasteiger partial charge is 0.493 e. The van der Waals surface area contributed by atoms with Crippen LogP contribution in [-0.4, -0.2) is 36.1 Å². The van der Waals surface area contributed by atoms with Crippen molar-refractivity contribution in [3.8, 4) is 11.5 Å². The molecule has 1 fully saturated rings. The summed E-state index contributed by atoms with van der Waals surface area (Å²) in [5.74, 6) is 1.41. The summed E-state index contributed by atoms with van der Waals surface area (Å²) < 4.78 is 10.7. The third-order valence-electron chi connectivity index (χ3n) is 5.18. The van der Waals surface area contributed by atoms with E-state index in [0.29, 0.717) is 29.5 Å². The second-order valence-electron chi connectivity index (χ2n) is 6.81. The first kappa shape index (κ1) is 18.7. The molecule has 0 bridgehead atoms. The molecule has 1 saturated heterocycles. The molecule has 0 aliphatic carbocycles. The van der Waals surface area contributed by atoms with Crippen LogP contribution < -0.4 is 14.9 Å². The predicted molar refractivity (Wildman–Crippen MR) is 107 cm³/mol. The van der Waals surface area contributed by atoms with Gasteiger partial charge in [0.25, 0.3) is 5.91 Å². The topological polar surface area (TPSA) is 54.0 Å². The number of rotatable bonds is 5. The molecule has 1 amide bonds. The van der Waals surface area contributed by atoms with E-state index in [0.717, 1.165) is 11.1 Å². The number of hydrogen-bond donors (Lipinski definition) is 1. The van der Waals surface area contributed by atoms with Crippen molar-refractivity contribution < 1.29 is 14.3 Å². The number of carbonyl (C=O) groups excluding carboxylic acids is 1. The number of nitrogens with zero attached hydrogens (tertiary/aromatic N) is 2. The number of hydrogen-bond acceptors (Lipinski definition) is 5. The monoisotopic (exact) mass is 399 g/mol. The first-order valence-electron chi connectivity index (χ1n) is 9.09.